The maximum absolute atomic E-state index is 12.2. The van der Waals surface area contributed by atoms with Crippen LogP contribution >= 0.6 is 11.6 Å². The zero-order valence-corrected chi connectivity index (χ0v) is 17.5. The zero-order chi connectivity index (χ0) is 20.4. The Balaban J connectivity index is 2.08. The number of nitrogens with one attached hydrogen (secondary N) is 1. The smallest absolute Gasteiger partial charge is 0.262 e. The minimum absolute atomic E-state index is 0.0557. The van der Waals surface area contributed by atoms with Crippen LogP contribution in [0.1, 0.15) is 16.7 Å². The lowest BCUT2D eigenvalue weighted by Gasteiger charge is -2.15. The molecule has 146 valence electrons. The lowest BCUT2D eigenvalue weighted by Crippen LogP contribution is -2.22. The fourth-order valence-corrected chi connectivity index (χ4v) is 3.89. The third kappa shape index (κ3) is 5.00. The van der Waals surface area contributed by atoms with Crippen molar-refractivity contribution in [3.63, 3.8) is 0 Å². The number of carbonyl (C=O) groups is 1. The van der Waals surface area contributed by atoms with Gasteiger partial charge in [-0.15, -0.1) is 0 Å². The van der Waals surface area contributed by atoms with Crippen LogP contribution in [-0.4, -0.2) is 39.3 Å². The molecule has 0 radical (unpaired) electrons. The van der Waals surface area contributed by atoms with Crippen molar-refractivity contribution in [2.45, 2.75) is 25.7 Å². The van der Waals surface area contributed by atoms with Gasteiger partial charge in [0.05, 0.1) is 9.92 Å². The number of hydrogen-bond acceptors (Lipinski definition) is 4. The van der Waals surface area contributed by atoms with Crippen LogP contribution in [0.3, 0.4) is 0 Å². The van der Waals surface area contributed by atoms with Gasteiger partial charge in [0.15, 0.2) is 6.61 Å². The standard InChI is InChI=1S/C19H23ClN2O4S/c1-12-8-13(2)19(14(3)9-12)21-18(23)11-26-17-7-6-15(10-16(17)20)27(24,25)22(4)5/h6-10H,11H2,1-5H3,(H,21,23). The summed E-state index contributed by atoms with van der Waals surface area (Å²) in [5.74, 6) is -0.0898. The molecule has 0 unspecified atom stereocenters. The van der Waals surface area contributed by atoms with E-state index >= 15 is 0 Å². The molecule has 0 aromatic heterocycles. The number of benzene rings is 2. The van der Waals surface area contributed by atoms with Crippen LogP contribution in [0.25, 0.3) is 0 Å². The van der Waals surface area contributed by atoms with Crippen LogP contribution in [0.15, 0.2) is 35.2 Å². The van der Waals surface area contributed by atoms with Gasteiger partial charge < -0.3 is 10.1 Å². The molecule has 0 fully saturated rings. The van der Waals surface area contributed by atoms with E-state index in [0.717, 1.165) is 26.7 Å². The number of ether oxygens (including phenoxy) is 1. The third-order valence-electron chi connectivity index (χ3n) is 3.98. The monoisotopic (exact) mass is 410 g/mol. The topological polar surface area (TPSA) is 75.7 Å². The van der Waals surface area contributed by atoms with E-state index in [1.807, 2.05) is 32.9 Å². The van der Waals surface area contributed by atoms with E-state index in [-0.39, 0.29) is 28.2 Å². The molecule has 0 saturated carbocycles. The first kappa shape index (κ1) is 21.2. The minimum atomic E-state index is -3.59. The Kier molecular flexibility index (Phi) is 6.51. The maximum Gasteiger partial charge on any atom is 0.262 e. The van der Waals surface area contributed by atoms with Gasteiger partial charge in [-0.2, -0.15) is 0 Å². The van der Waals surface area contributed by atoms with Crippen molar-refractivity contribution in [3.05, 3.63) is 52.0 Å². The van der Waals surface area contributed by atoms with Crippen molar-refractivity contribution in [1.82, 2.24) is 4.31 Å². The van der Waals surface area contributed by atoms with E-state index < -0.39 is 10.0 Å². The van der Waals surface area contributed by atoms with E-state index in [2.05, 4.69) is 5.32 Å². The fraction of sp³-hybridized carbons (Fsp3) is 0.316. The predicted molar refractivity (Wildman–Crippen MR) is 107 cm³/mol. The fourth-order valence-electron chi connectivity index (χ4n) is 2.67. The van der Waals surface area contributed by atoms with Crippen molar-refractivity contribution in [2.75, 3.05) is 26.0 Å². The summed E-state index contributed by atoms with van der Waals surface area (Å²) in [6.45, 7) is 5.61. The minimum Gasteiger partial charge on any atom is -0.482 e. The molecule has 0 spiro atoms. The van der Waals surface area contributed by atoms with Crippen molar-refractivity contribution in [1.29, 1.82) is 0 Å². The summed E-state index contributed by atoms with van der Waals surface area (Å²) >= 11 is 6.11. The van der Waals surface area contributed by atoms with Crippen LogP contribution in [-0.2, 0) is 14.8 Å². The molecule has 2 aromatic rings. The van der Waals surface area contributed by atoms with Crippen LogP contribution in [0.5, 0.6) is 5.75 Å². The Morgan fingerprint density at radius 2 is 1.70 bits per heavy atom. The van der Waals surface area contributed by atoms with Gasteiger partial charge >= 0.3 is 0 Å². The highest BCUT2D eigenvalue weighted by Gasteiger charge is 2.19. The number of nitrogens with zero attached hydrogens (tertiary/aromatic N) is 1. The first-order valence-electron chi connectivity index (χ1n) is 8.25. The normalized spacial score (nSPS) is 11.5. The molecule has 0 saturated heterocycles. The number of carbonyl (C=O) groups excluding carboxylic acids is 1. The number of sulfonamides is 1. The molecule has 1 amide bonds. The summed E-state index contributed by atoms with van der Waals surface area (Å²) in [7, 11) is -0.712. The molecule has 0 heterocycles. The quantitative estimate of drug-likeness (QED) is 0.790. The summed E-state index contributed by atoms with van der Waals surface area (Å²) in [4.78, 5) is 12.3. The summed E-state index contributed by atoms with van der Waals surface area (Å²) in [6, 6.07) is 8.12. The molecule has 0 bridgehead atoms. The summed E-state index contributed by atoms with van der Waals surface area (Å²) in [6.07, 6.45) is 0. The Hall–Kier alpha value is -2.09. The number of aryl methyl sites for hydroxylation is 3. The van der Waals surface area contributed by atoms with E-state index in [1.54, 1.807) is 0 Å². The van der Waals surface area contributed by atoms with Crippen LogP contribution in [0, 0.1) is 20.8 Å². The van der Waals surface area contributed by atoms with Crippen molar-refractivity contribution in [3.8, 4) is 5.75 Å². The van der Waals surface area contributed by atoms with E-state index in [4.69, 9.17) is 16.3 Å². The first-order chi connectivity index (χ1) is 12.5. The molecule has 0 aliphatic heterocycles. The van der Waals surface area contributed by atoms with Crippen molar-refractivity contribution in [2.24, 2.45) is 0 Å². The Morgan fingerprint density at radius 1 is 1.11 bits per heavy atom. The highest BCUT2D eigenvalue weighted by Crippen LogP contribution is 2.28. The second kappa shape index (κ2) is 8.29. The number of hydrogen-bond donors (Lipinski definition) is 1. The van der Waals surface area contributed by atoms with Crippen LogP contribution in [0.4, 0.5) is 5.69 Å². The molecular formula is C19H23ClN2O4S. The molecule has 0 atom stereocenters. The van der Waals surface area contributed by atoms with Gasteiger partial charge in [0.25, 0.3) is 5.91 Å². The number of amides is 1. The van der Waals surface area contributed by atoms with Gasteiger partial charge in [-0.3, -0.25) is 4.79 Å². The maximum atomic E-state index is 12.2. The molecular weight excluding hydrogens is 388 g/mol. The van der Waals surface area contributed by atoms with E-state index in [1.165, 1.54) is 32.3 Å². The van der Waals surface area contributed by atoms with Crippen molar-refractivity contribution < 1.29 is 17.9 Å². The molecule has 1 N–H and O–H groups in total. The second-order valence-electron chi connectivity index (χ2n) is 6.49. The molecule has 0 aliphatic carbocycles. The Bertz CT molecular complexity index is 949. The first-order valence-corrected chi connectivity index (χ1v) is 10.1. The van der Waals surface area contributed by atoms with Crippen LogP contribution < -0.4 is 10.1 Å². The molecule has 2 aromatic carbocycles. The Labute approximate surface area is 165 Å². The summed E-state index contributed by atoms with van der Waals surface area (Å²) < 4.78 is 30.8. The largest absolute Gasteiger partial charge is 0.482 e. The number of halogens is 1. The van der Waals surface area contributed by atoms with Crippen molar-refractivity contribution >= 4 is 33.2 Å². The van der Waals surface area contributed by atoms with Crippen LogP contribution in [0.2, 0.25) is 5.02 Å². The zero-order valence-electron chi connectivity index (χ0n) is 16.0. The lowest BCUT2D eigenvalue weighted by molar-refractivity contribution is -0.118. The molecule has 27 heavy (non-hydrogen) atoms. The number of anilines is 1. The molecule has 8 heteroatoms. The van der Waals surface area contributed by atoms with E-state index in [0.29, 0.717) is 0 Å². The predicted octanol–water partition coefficient (Wildman–Crippen LogP) is 3.53. The van der Waals surface area contributed by atoms with Gasteiger partial charge in [-0.1, -0.05) is 29.3 Å². The SMILES string of the molecule is Cc1cc(C)c(NC(=O)COc2ccc(S(=O)(=O)N(C)C)cc2Cl)c(C)c1. The second-order valence-corrected chi connectivity index (χ2v) is 9.05. The van der Waals surface area contributed by atoms with Gasteiger partial charge in [0.1, 0.15) is 5.75 Å². The van der Waals surface area contributed by atoms with E-state index in [9.17, 15) is 13.2 Å². The summed E-state index contributed by atoms with van der Waals surface area (Å²) in [5.41, 5.74) is 3.82. The van der Waals surface area contributed by atoms with Gasteiger partial charge in [-0.25, -0.2) is 12.7 Å². The molecule has 6 nitrogen and oxygen atoms in total. The number of rotatable bonds is 6. The highest BCUT2D eigenvalue weighted by molar-refractivity contribution is 7.89. The average Bonchev–Trinajstić information content (AvgIpc) is 2.56. The lowest BCUT2D eigenvalue weighted by atomic mass is 10.1. The van der Waals surface area contributed by atoms with Gasteiger partial charge in [0, 0.05) is 19.8 Å². The molecule has 2 rings (SSSR count). The summed E-state index contributed by atoms with van der Waals surface area (Å²) in [5, 5.41) is 2.96. The molecule has 0 aliphatic rings. The van der Waals surface area contributed by atoms with Gasteiger partial charge in [0.2, 0.25) is 10.0 Å². The average molecular weight is 411 g/mol. The van der Waals surface area contributed by atoms with Gasteiger partial charge in [-0.05, 0) is 50.1 Å². The highest BCUT2D eigenvalue weighted by atomic mass is 35.5. The Morgan fingerprint density at radius 3 is 2.22 bits per heavy atom. The third-order valence-corrected chi connectivity index (χ3v) is 6.09.